The molecule has 0 saturated carbocycles. The predicted molar refractivity (Wildman–Crippen MR) is 114 cm³/mol. The van der Waals surface area contributed by atoms with Crippen LogP contribution in [0, 0.1) is 3.57 Å². The summed E-state index contributed by atoms with van der Waals surface area (Å²) < 4.78 is 17.4. The Bertz CT molecular complexity index is 936. The second-order valence-electron chi connectivity index (χ2n) is 6.04. The molecule has 2 aromatic rings. The van der Waals surface area contributed by atoms with E-state index in [0.717, 1.165) is 9.13 Å². The molecule has 0 amide bonds. The van der Waals surface area contributed by atoms with Gasteiger partial charge in [0.2, 0.25) is 5.90 Å². The number of hydrogen-bond donors (Lipinski definition) is 0. The molecule has 27 heavy (non-hydrogen) atoms. The Morgan fingerprint density at radius 3 is 2.56 bits per heavy atom. The first-order valence-corrected chi connectivity index (χ1v) is 9.65. The van der Waals surface area contributed by atoms with Gasteiger partial charge < -0.3 is 14.2 Å². The average Bonchev–Trinajstić information content (AvgIpc) is 2.98. The molecule has 7 heteroatoms. The van der Waals surface area contributed by atoms with E-state index in [2.05, 4.69) is 27.6 Å². The molecule has 0 atom stereocenters. The minimum absolute atomic E-state index is 0.0213. The number of cyclic esters (lactones) is 1. The van der Waals surface area contributed by atoms with Crippen LogP contribution in [0.15, 0.2) is 47.1 Å². The van der Waals surface area contributed by atoms with Crippen molar-refractivity contribution < 1.29 is 19.0 Å². The van der Waals surface area contributed by atoms with Crippen LogP contribution in [0.1, 0.15) is 25.0 Å². The fraction of sp³-hybridized carbons (Fsp3) is 0.200. The van der Waals surface area contributed by atoms with Gasteiger partial charge >= 0.3 is 5.97 Å². The number of halogens is 2. The van der Waals surface area contributed by atoms with Crippen LogP contribution in [0.25, 0.3) is 6.08 Å². The van der Waals surface area contributed by atoms with E-state index in [1.54, 1.807) is 43.5 Å². The van der Waals surface area contributed by atoms with Crippen LogP contribution in [0.2, 0.25) is 5.02 Å². The van der Waals surface area contributed by atoms with Crippen molar-refractivity contribution in [3.05, 3.63) is 61.8 Å². The quantitative estimate of drug-likeness (QED) is 0.328. The van der Waals surface area contributed by atoms with Gasteiger partial charge in [-0.05, 0) is 84.5 Å². The molecule has 5 nitrogen and oxygen atoms in total. The number of methoxy groups -OCH3 is 1. The van der Waals surface area contributed by atoms with Crippen molar-refractivity contribution >= 4 is 52.1 Å². The van der Waals surface area contributed by atoms with Crippen molar-refractivity contribution in [3.63, 3.8) is 0 Å². The molecule has 0 bridgehead atoms. The zero-order valence-electron chi connectivity index (χ0n) is 15.0. The molecule has 3 rings (SSSR count). The summed E-state index contributed by atoms with van der Waals surface area (Å²) in [7, 11) is 1.58. The Kier molecular flexibility index (Phi) is 6.06. The standard InChI is InChI=1S/C20H17ClINO4/c1-11(2)26-18-15(22)8-12(10-17(18)25-3)9-16-20(24)27-19(23-16)13-4-6-14(21)7-5-13/h4-11H,1-3H3. The van der Waals surface area contributed by atoms with Crippen LogP contribution >= 0.6 is 34.2 Å². The molecule has 1 aliphatic rings. The van der Waals surface area contributed by atoms with E-state index < -0.39 is 5.97 Å². The number of ether oxygens (including phenoxy) is 3. The number of aliphatic imine (C=N–C) groups is 1. The third-order valence-electron chi connectivity index (χ3n) is 3.62. The largest absolute Gasteiger partial charge is 0.493 e. The summed E-state index contributed by atoms with van der Waals surface area (Å²) in [5.74, 6) is 1.02. The lowest BCUT2D eigenvalue weighted by atomic mass is 10.1. The van der Waals surface area contributed by atoms with Gasteiger partial charge in [0.1, 0.15) is 0 Å². The van der Waals surface area contributed by atoms with E-state index in [9.17, 15) is 4.79 Å². The fourth-order valence-corrected chi connectivity index (χ4v) is 3.33. The number of benzene rings is 2. The van der Waals surface area contributed by atoms with Gasteiger partial charge in [0, 0.05) is 10.6 Å². The Morgan fingerprint density at radius 2 is 1.93 bits per heavy atom. The molecule has 0 radical (unpaired) electrons. The third-order valence-corrected chi connectivity index (χ3v) is 4.67. The molecule has 0 saturated heterocycles. The molecule has 140 valence electrons. The highest BCUT2D eigenvalue weighted by Gasteiger charge is 2.24. The maximum atomic E-state index is 12.2. The summed E-state index contributed by atoms with van der Waals surface area (Å²) in [6, 6.07) is 10.6. The van der Waals surface area contributed by atoms with Gasteiger partial charge in [0.05, 0.1) is 16.8 Å². The average molecular weight is 498 g/mol. The van der Waals surface area contributed by atoms with Gasteiger partial charge in [-0.2, -0.15) is 0 Å². The normalized spacial score (nSPS) is 15.1. The summed E-state index contributed by atoms with van der Waals surface area (Å²) >= 11 is 8.07. The molecule has 1 heterocycles. The second kappa shape index (κ2) is 8.31. The van der Waals surface area contributed by atoms with Crippen molar-refractivity contribution in [2.75, 3.05) is 7.11 Å². The van der Waals surface area contributed by atoms with Gasteiger partial charge in [0.15, 0.2) is 17.2 Å². The number of esters is 1. The highest BCUT2D eigenvalue weighted by molar-refractivity contribution is 14.1. The zero-order chi connectivity index (χ0) is 19.6. The van der Waals surface area contributed by atoms with Crippen LogP contribution in [-0.2, 0) is 9.53 Å². The molecular formula is C20H17ClINO4. The van der Waals surface area contributed by atoms with Gasteiger partial charge in [-0.3, -0.25) is 0 Å². The van der Waals surface area contributed by atoms with E-state index >= 15 is 0 Å². The van der Waals surface area contributed by atoms with Crippen molar-refractivity contribution in [1.82, 2.24) is 0 Å². The van der Waals surface area contributed by atoms with Crippen molar-refractivity contribution in [2.45, 2.75) is 20.0 Å². The van der Waals surface area contributed by atoms with Crippen LogP contribution in [0.5, 0.6) is 11.5 Å². The highest BCUT2D eigenvalue weighted by atomic mass is 127. The van der Waals surface area contributed by atoms with Gasteiger partial charge in [-0.15, -0.1) is 0 Å². The fourth-order valence-electron chi connectivity index (χ4n) is 2.46. The summed E-state index contributed by atoms with van der Waals surface area (Å²) in [6.45, 7) is 3.90. The Hall–Kier alpha value is -2.06. The minimum atomic E-state index is -0.503. The van der Waals surface area contributed by atoms with Crippen LogP contribution in [-0.4, -0.2) is 25.1 Å². The molecule has 0 unspecified atom stereocenters. The van der Waals surface area contributed by atoms with Gasteiger partial charge in [-0.1, -0.05) is 11.6 Å². The van der Waals surface area contributed by atoms with Gasteiger partial charge in [-0.25, -0.2) is 9.79 Å². The number of rotatable bonds is 5. The smallest absolute Gasteiger partial charge is 0.363 e. The van der Waals surface area contributed by atoms with Crippen LogP contribution < -0.4 is 9.47 Å². The Labute approximate surface area is 176 Å². The SMILES string of the molecule is COc1cc(C=C2N=C(c3ccc(Cl)cc3)OC2=O)cc(I)c1OC(C)C. The molecule has 0 spiro atoms. The van der Waals surface area contributed by atoms with E-state index in [-0.39, 0.29) is 17.7 Å². The molecular weight excluding hydrogens is 481 g/mol. The summed E-state index contributed by atoms with van der Waals surface area (Å²) in [5.41, 5.74) is 1.67. The molecule has 0 aromatic heterocycles. The Balaban J connectivity index is 1.95. The molecule has 2 aromatic carbocycles. The maximum Gasteiger partial charge on any atom is 0.363 e. The van der Waals surface area contributed by atoms with Crippen LogP contribution in [0.3, 0.4) is 0 Å². The number of carbonyl (C=O) groups is 1. The number of nitrogens with zero attached hydrogens (tertiary/aromatic N) is 1. The lowest BCUT2D eigenvalue weighted by molar-refractivity contribution is -0.129. The topological polar surface area (TPSA) is 57.1 Å². The first-order chi connectivity index (χ1) is 12.9. The molecule has 0 fully saturated rings. The number of carbonyl (C=O) groups excluding carboxylic acids is 1. The van der Waals surface area contributed by atoms with E-state index in [1.807, 2.05) is 19.9 Å². The van der Waals surface area contributed by atoms with Gasteiger partial charge in [0.25, 0.3) is 0 Å². The summed E-state index contributed by atoms with van der Waals surface area (Å²) in [6.07, 6.45) is 1.68. The maximum absolute atomic E-state index is 12.2. The number of hydrogen-bond acceptors (Lipinski definition) is 5. The van der Waals surface area contributed by atoms with E-state index in [0.29, 0.717) is 22.1 Å². The summed E-state index contributed by atoms with van der Waals surface area (Å²) in [5, 5.41) is 0.602. The Morgan fingerprint density at radius 1 is 1.22 bits per heavy atom. The molecule has 1 aliphatic heterocycles. The third kappa shape index (κ3) is 4.62. The van der Waals surface area contributed by atoms with E-state index in [4.69, 9.17) is 25.8 Å². The lowest BCUT2D eigenvalue weighted by Gasteiger charge is -2.15. The van der Waals surface area contributed by atoms with Crippen LogP contribution in [0.4, 0.5) is 0 Å². The van der Waals surface area contributed by atoms with E-state index in [1.165, 1.54) is 0 Å². The first kappa shape index (κ1) is 19.7. The lowest BCUT2D eigenvalue weighted by Crippen LogP contribution is -2.08. The summed E-state index contributed by atoms with van der Waals surface area (Å²) in [4.78, 5) is 16.5. The highest BCUT2D eigenvalue weighted by Crippen LogP contribution is 2.35. The minimum Gasteiger partial charge on any atom is -0.493 e. The van der Waals surface area contributed by atoms with Crippen molar-refractivity contribution in [3.8, 4) is 11.5 Å². The monoisotopic (exact) mass is 497 g/mol. The van der Waals surface area contributed by atoms with Crippen molar-refractivity contribution in [1.29, 1.82) is 0 Å². The first-order valence-electron chi connectivity index (χ1n) is 8.20. The van der Waals surface area contributed by atoms with Crippen molar-refractivity contribution in [2.24, 2.45) is 4.99 Å². The molecule has 0 aliphatic carbocycles. The predicted octanol–water partition coefficient (Wildman–Crippen LogP) is 5.08. The molecule has 0 N–H and O–H groups in total. The zero-order valence-corrected chi connectivity index (χ0v) is 17.9. The second-order valence-corrected chi connectivity index (χ2v) is 7.64.